The lowest BCUT2D eigenvalue weighted by atomic mass is 10.1. The van der Waals surface area contributed by atoms with Gasteiger partial charge in [0, 0.05) is 11.5 Å². The zero-order valence-electron chi connectivity index (χ0n) is 9.97. The van der Waals surface area contributed by atoms with E-state index < -0.39 is 0 Å². The van der Waals surface area contributed by atoms with Gasteiger partial charge in [-0.3, -0.25) is 4.79 Å². The summed E-state index contributed by atoms with van der Waals surface area (Å²) in [5, 5.41) is 3.41. The van der Waals surface area contributed by atoms with E-state index in [4.69, 9.17) is 4.42 Å². The van der Waals surface area contributed by atoms with Crippen molar-refractivity contribution in [1.82, 2.24) is 0 Å². The molecule has 90 valence electrons. The molecule has 0 spiro atoms. The Morgan fingerprint density at radius 2 is 1.94 bits per heavy atom. The molecule has 0 saturated heterocycles. The van der Waals surface area contributed by atoms with Crippen LogP contribution in [0.5, 0.6) is 0 Å². The first-order valence-electron chi connectivity index (χ1n) is 5.88. The van der Waals surface area contributed by atoms with Crippen LogP contribution in [0.3, 0.4) is 0 Å². The predicted molar refractivity (Wildman–Crippen MR) is 76.4 cm³/mol. The normalized spacial score (nSPS) is 11.2. The third-order valence-electron chi connectivity index (χ3n) is 2.88. The molecule has 0 saturated carbocycles. The Morgan fingerprint density at radius 1 is 1.11 bits per heavy atom. The van der Waals surface area contributed by atoms with E-state index in [1.807, 2.05) is 43.3 Å². The summed E-state index contributed by atoms with van der Waals surface area (Å²) in [6.07, 6.45) is 0. The topological polar surface area (TPSA) is 30.2 Å². The fourth-order valence-electron chi connectivity index (χ4n) is 2.08. The quantitative estimate of drug-likeness (QED) is 0.511. The minimum Gasteiger partial charge on any atom is -0.449 e. The number of thioether (sulfide) groups is 1. The van der Waals surface area contributed by atoms with E-state index in [-0.39, 0.29) is 5.43 Å². The summed E-state index contributed by atoms with van der Waals surface area (Å²) in [5.74, 6) is 0.888. The maximum absolute atomic E-state index is 12.0. The molecule has 3 heteroatoms. The monoisotopic (exact) mass is 256 g/mol. The number of hydrogen-bond donors (Lipinski definition) is 0. The maximum Gasteiger partial charge on any atom is 0.193 e. The Morgan fingerprint density at radius 3 is 2.78 bits per heavy atom. The van der Waals surface area contributed by atoms with Crippen molar-refractivity contribution in [1.29, 1.82) is 0 Å². The first-order valence-corrected chi connectivity index (χ1v) is 6.86. The number of fused-ring (bicyclic) bond motifs is 3. The molecule has 0 unspecified atom stereocenters. The molecule has 0 fully saturated rings. The minimum atomic E-state index is 0.0259. The largest absolute Gasteiger partial charge is 0.449 e. The molecule has 0 N–H and O–H groups in total. The molecule has 0 bridgehead atoms. The summed E-state index contributed by atoms with van der Waals surface area (Å²) in [5.41, 5.74) is 0.717. The summed E-state index contributed by atoms with van der Waals surface area (Å²) >= 11 is 1.55. The predicted octanol–water partition coefficient (Wildman–Crippen LogP) is 4.06. The maximum atomic E-state index is 12.0. The van der Waals surface area contributed by atoms with Crippen LogP contribution in [0.2, 0.25) is 0 Å². The lowest BCUT2D eigenvalue weighted by Gasteiger charge is -2.04. The lowest BCUT2D eigenvalue weighted by Crippen LogP contribution is -2.00. The van der Waals surface area contributed by atoms with Crippen LogP contribution in [-0.4, -0.2) is 5.75 Å². The molecule has 0 atom stereocenters. The van der Waals surface area contributed by atoms with Crippen molar-refractivity contribution in [3.8, 4) is 0 Å². The van der Waals surface area contributed by atoms with Gasteiger partial charge in [0.25, 0.3) is 0 Å². The molecule has 1 heterocycles. The first-order chi connectivity index (χ1) is 8.79. The van der Waals surface area contributed by atoms with Crippen LogP contribution in [0.1, 0.15) is 6.92 Å². The standard InChI is InChI=1S/C15H12O2S/c1-2-18-14-9-13(16)12-8-7-10-5-3-4-6-11(10)15(12)17-14/h3-9H,2H2,1H3. The van der Waals surface area contributed by atoms with Gasteiger partial charge in [-0.2, -0.15) is 0 Å². The second-order valence-corrected chi connectivity index (χ2v) is 5.29. The van der Waals surface area contributed by atoms with Gasteiger partial charge in [0.05, 0.1) is 5.39 Å². The van der Waals surface area contributed by atoms with E-state index in [0.29, 0.717) is 16.1 Å². The number of rotatable bonds is 2. The SMILES string of the molecule is CCSc1cc(=O)c2ccc3ccccc3c2o1. The second kappa shape index (κ2) is 4.50. The molecule has 0 aliphatic carbocycles. The summed E-state index contributed by atoms with van der Waals surface area (Å²) in [6.45, 7) is 2.04. The van der Waals surface area contributed by atoms with Crippen LogP contribution in [0.25, 0.3) is 21.7 Å². The molecule has 0 amide bonds. The van der Waals surface area contributed by atoms with Gasteiger partial charge < -0.3 is 4.42 Å². The van der Waals surface area contributed by atoms with E-state index in [0.717, 1.165) is 16.5 Å². The Balaban J connectivity index is 2.44. The molecular weight excluding hydrogens is 244 g/mol. The Kier molecular flexibility index (Phi) is 2.84. The van der Waals surface area contributed by atoms with Crippen LogP contribution in [0.15, 0.2) is 56.8 Å². The van der Waals surface area contributed by atoms with Crippen LogP contribution in [-0.2, 0) is 0 Å². The summed E-state index contributed by atoms with van der Waals surface area (Å²) in [7, 11) is 0. The molecule has 0 aliphatic heterocycles. The smallest absolute Gasteiger partial charge is 0.193 e. The average Bonchev–Trinajstić information content (AvgIpc) is 2.39. The van der Waals surface area contributed by atoms with Gasteiger partial charge in [-0.15, -0.1) is 0 Å². The average molecular weight is 256 g/mol. The van der Waals surface area contributed by atoms with Crippen LogP contribution in [0.4, 0.5) is 0 Å². The lowest BCUT2D eigenvalue weighted by molar-refractivity contribution is 0.502. The van der Waals surface area contributed by atoms with Crippen molar-refractivity contribution in [2.75, 3.05) is 5.75 Å². The molecule has 3 rings (SSSR count). The molecule has 18 heavy (non-hydrogen) atoms. The molecule has 0 radical (unpaired) electrons. The van der Waals surface area contributed by atoms with E-state index >= 15 is 0 Å². The molecule has 2 aromatic carbocycles. The van der Waals surface area contributed by atoms with E-state index in [2.05, 4.69) is 0 Å². The summed E-state index contributed by atoms with van der Waals surface area (Å²) in [6, 6.07) is 13.3. The Hall–Kier alpha value is -1.74. The van der Waals surface area contributed by atoms with Gasteiger partial charge in [-0.05, 0) is 17.2 Å². The van der Waals surface area contributed by atoms with Gasteiger partial charge in [0.15, 0.2) is 10.5 Å². The Bertz CT molecular complexity index is 774. The molecule has 2 nitrogen and oxygen atoms in total. The fourth-order valence-corrected chi connectivity index (χ4v) is 2.69. The highest BCUT2D eigenvalue weighted by atomic mass is 32.2. The minimum absolute atomic E-state index is 0.0259. The molecule has 0 aliphatic rings. The van der Waals surface area contributed by atoms with Crippen molar-refractivity contribution in [3.05, 3.63) is 52.7 Å². The zero-order valence-corrected chi connectivity index (χ0v) is 10.8. The highest BCUT2D eigenvalue weighted by molar-refractivity contribution is 7.99. The van der Waals surface area contributed by atoms with E-state index in [1.165, 1.54) is 0 Å². The van der Waals surface area contributed by atoms with Crippen molar-refractivity contribution < 1.29 is 4.42 Å². The molecule has 3 aromatic rings. The first kappa shape index (κ1) is 11.4. The van der Waals surface area contributed by atoms with Crippen LogP contribution in [0, 0.1) is 0 Å². The van der Waals surface area contributed by atoms with Gasteiger partial charge in [-0.1, -0.05) is 49.0 Å². The van der Waals surface area contributed by atoms with E-state index in [9.17, 15) is 4.79 Å². The molecule has 1 aromatic heterocycles. The highest BCUT2D eigenvalue weighted by Crippen LogP contribution is 2.27. The van der Waals surface area contributed by atoms with Gasteiger partial charge in [0.1, 0.15) is 5.58 Å². The highest BCUT2D eigenvalue weighted by Gasteiger charge is 2.08. The van der Waals surface area contributed by atoms with Gasteiger partial charge in [-0.25, -0.2) is 0 Å². The zero-order chi connectivity index (χ0) is 12.5. The van der Waals surface area contributed by atoms with Crippen molar-refractivity contribution in [2.45, 2.75) is 12.0 Å². The van der Waals surface area contributed by atoms with Crippen molar-refractivity contribution in [3.63, 3.8) is 0 Å². The van der Waals surface area contributed by atoms with Crippen LogP contribution < -0.4 is 5.43 Å². The number of benzene rings is 2. The summed E-state index contributed by atoms with van der Waals surface area (Å²) in [4.78, 5) is 12.0. The van der Waals surface area contributed by atoms with Crippen molar-refractivity contribution >= 4 is 33.5 Å². The van der Waals surface area contributed by atoms with Gasteiger partial charge >= 0.3 is 0 Å². The second-order valence-electron chi connectivity index (χ2n) is 4.03. The third kappa shape index (κ3) is 1.81. The van der Waals surface area contributed by atoms with E-state index in [1.54, 1.807) is 17.8 Å². The van der Waals surface area contributed by atoms with Crippen molar-refractivity contribution in [2.24, 2.45) is 0 Å². The third-order valence-corrected chi connectivity index (χ3v) is 3.66. The summed E-state index contributed by atoms with van der Waals surface area (Å²) < 4.78 is 5.86. The van der Waals surface area contributed by atoms with Gasteiger partial charge in [0.2, 0.25) is 0 Å². The Labute approximate surface area is 109 Å². The molecular formula is C15H12O2S. The number of hydrogen-bond acceptors (Lipinski definition) is 3. The fraction of sp³-hybridized carbons (Fsp3) is 0.133. The van der Waals surface area contributed by atoms with Crippen LogP contribution >= 0.6 is 11.8 Å².